The molecule has 2 aromatic rings. The minimum atomic E-state index is -0.176. The molecule has 0 aliphatic rings. The third-order valence-electron chi connectivity index (χ3n) is 2.75. The van der Waals surface area contributed by atoms with Crippen molar-refractivity contribution in [1.29, 1.82) is 0 Å². The highest BCUT2D eigenvalue weighted by atomic mass is 35.5. The van der Waals surface area contributed by atoms with Crippen molar-refractivity contribution in [3.05, 3.63) is 52.5 Å². The molecule has 0 saturated heterocycles. The summed E-state index contributed by atoms with van der Waals surface area (Å²) < 4.78 is 0. The van der Waals surface area contributed by atoms with E-state index in [0.717, 1.165) is 10.6 Å². The summed E-state index contributed by atoms with van der Waals surface area (Å²) in [6.07, 6.45) is 0. The summed E-state index contributed by atoms with van der Waals surface area (Å²) >= 11 is 13.3. The molecule has 0 saturated carbocycles. The van der Waals surface area contributed by atoms with Gasteiger partial charge in [0.1, 0.15) is 0 Å². The number of thioether (sulfide) groups is 1. The number of halogens is 2. The molecule has 4 nitrogen and oxygen atoms in total. The highest BCUT2D eigenvalue weighted by Crippen LogP contribution is 2.26. The first-order valence-electron chi connectivity index (χ1n) is 6.69. The van der Waals surface area contributed by atoms with E-state index in [1.54, 1.807) is 30.3 Å². The average Bonchev–Trinajstić information content (AvgIpc) is 2.50. The molecular formula is C16H14Cl2N2O2S. The van der Waals surface area contributed by atoms with Crippen molar-refractivity contribution < 1.29 is 9.59 Å². The van der Waals surface area contributed by atoms with Crippen LogP contribution in [0.25, 0.3) is 0 Å². The van der Waals surface area contributed by atoms with Crippen molar-refractivity contribution in [2.24, 2.45) is 0 Å². The second kappa shape index (κ2) is 8.24. The molecule has 2 amide bonds. The Bertz CT molecular complexity index is 721. The molecule has 0 atom stereocenters. The SMILES string of the molecule is CC(=O)Nc1ccc(SCC(=O)Nc2cc(Cl)ccc2Cl)cc1. The Hall–Kier alpha value is -1.69. The van der Waals surface area contributed by atoms with Crippen molar-refractivity contribution in [3.8, 4) is 0 Å². The fourth-order valence-corrected chi connectivity index (χ4v) is 2.80. The van der Waals surface area contributed by atoms with Gasteiger partial charge in [0.15, 0.2) is 0 Å². The van der Waals surface area contributed by atoms with Crippen molar-refractivity contribution in [2.75, 3.05) is 16.4 Å². The van der Waals surface area contributed by atoms with E-state index in [-0.39, 0.29) is 17.6 Å². The number of nitrogens with one attached hydrogen (secondary N) is 2. The van der Waals surface area contributed by atoms with Crippen LogP contribution in [0.15, 0.2) is 47.4 Å². The molecule has 0 radical (unpaired) electrons. The fourth-order valence-electron chi connectivity index (χ4n) is 1.77. The summed E-state index contributed by atoms with van der Waals surface area (Å²) in [6, 6.07) is 12.2. The molecule has 0 heterocycles. The number of benzene rings is 2. The van der Waals surface area contributed by atoms with Crippen LogP contribution in [0.3, 0.4) is 0 Å². The monoisotopic (exact) mass is 368 g/mol. The van der Waals surface area contributed by atoms with Crippen LogP contribution in [0.1, 0.15) is 6.92 Å². The average molecular weight is 369 g/mol. The summed E-state index contributed by atoms with van der Waals surface area (Å²) in [4.78, 5) is 23.8. The zero-order valence-corrected chi connectivity index (χ0v) is 14.6. The van der Waals surface area contributed by atoms with Crippen molar-refractivity contribution in [3.63, 3.8) is 0 Å². The molecule has 0 aromatic heterocycles. The van der Waals surface area contributed by atoms with Gasteiger partial charge in [0.2, 0.25) is 11.8 Å². The lowest BCUT2D eigenvalue weighted by Crippen LogP contribution is -2.14. The fraction of sp³-hybridized carbons (Fsp3) is 0.125. The molecular weight excluding hydrogens is 355 g/mol. The molecule has 2 N–H and O–H groups in total. The van der Waals surface area contributed by atoms with Crippen LogP contribution in [-0.2, 0) is 9.59 Å². The highest BCUT2D eigenvalue weighted by molar-refractivity contribution is 8.00. The van der Waals surface area contributed by atoms with E-state index < -0.39 is 0 Å². The molecule has 2 rings (SSSR count). The third kappa shape index (κ3) is 5.78. The molecule has 120 valence electrons. The van der Waals surface area contributed by atoms with E-state index in [1.165, 1.54) is 18.7 Å². The van der Waals surface area contributed by atoms with E-state index in [0.29, 0.717) is 15.7 Å². The Morgan fingerprint density at radius 3 is 2.39 bits per heavy atom. The molecule has 7 heteroatoms. The maximum absolute atomic E-state index is 12.0. The van der Waals surface area contributed by atoms with Crippen LogP contribution in [0, 0.1) is 0 Å². The van der Waals surface area contributed by atoms with E-state index in [9.17, 15) is 9.59 Å². The lowest BCUT2D eigenvalue weighted by molar-refractivity contribution is -0.114. The number of carbonyl (C=O) groups is 2. The zero-order valence-electron chi connectivity index (χ0n) is 12.2. The molecule has 0 bridgehead atoms. The minimum Gasteiger partial charge on any atom is -0.326 e. The number of hydrogen-bond donors (Lipinski definition) is 2. The predicted octanol–water partition coefficient (Wildman–Crippen LogP) is 4.68. The summed E-state index contributed by atoms with van der Waals surface area (Å²) in [5.74, 6) is -0.0595. The van der Waals surface area contributed by atoms with Crippen LogP contribution in [-0.4, -0.2) is 17.6 Å². The normalized spacial score (nSPS) is 10.2. The zero-order chi connectivity index (χ0) is 16.8. The van der Waals surface area contributed by atoms with Gasteiger partial charge in [-0.25, -0.2) is 0 Å². The second-order valence-electron chi connectivity index (χ2n) is 4.67. The number of hydrogen-bond acceptors (Lipinski definition) is 3. The van der Waals surface area contributed by atoms with Gasteiger partial charge in [0.25, 0.3) is 0 Å². The van der Waals surface area contributed by atoms with Crippen LogP contribution in [0.2, 0.25) is 10.0 Å². The Kier molecular flexibility index (Phi) is 6.33. The molecule has 2 aromatic carbocycles. The lowest BCUT2D eigenvalue weighted by atomic mass is 10.3. The van der Waals surface area contributed by atoms with Gasteiger partial charge in [0.05, 0.1) is 16.5 Å². The van der Waals surface area contributed by atoms with Crippen LogP contribution in [0.4, 0.5) is 11.4 Å². The number of anilines is 2. The molecule has 0 spiro atoms. The summed E-state index contributed by atoms with van der Waals surface area (Å²) in [7, 11) is 0. The van der Waals surface area contributed by atoms with Gasteiger partial charge in [0, 0.05) is 22.5 Å². The van der Waals surface area contributed by atoms with Crippen molar-refractivity contribution >= 4 is 58.2 Å². The quantitative estimate of drug-likeness (QED) is 0.753. The lowest BCUT2D eigenvalue weighted by Gasteiger charge is -2.08. The summed E-state index contributed by atoms with van der Waals surface area (Å²) in [6.45, 7) is 1.45. The van der Waals surface area contributed by atoms with Gasteiger partial charge < -0.3 is 10.6 Å². The third-order valence-corrected chi connectivity index (χ3v) is 4.32. The first-order chi connectivity index (χ1) is 10.9. The van der Waals surface area contributed by atoms with Crippen molar-refractivity contribution in [2.45, 2.75) is 11.8 Å². The van der Waals surface area contributed by atoms with Gasteiger partial charge in [-0.05, 0) is 42.5 Å². The predicted molar refractivity (Wildman–Crippen MR) is 96.6 cm³/mol. The topological polar surface area (TPSA) is 58.2 Å². The van der Waals surface area contributed by atoms with Gasteiger partial charge >= 0.3 is 0 Å². The maximum atomic E-state index is 12.0. The highest BCUT2D eigenvalue weighted by Gasteiger charge is 2.07. The van der Waals surface area contributed by atoms with E-state index in [4.69, 9.17) is 23.2 Å². The van der Waals surface area contributed by atoms with Crippen LogP contribution < -0.4 is 10.6 Å². The second-order valence-corrected chi connectivity index (χ2v) is 6.56. The Balaban J connectivity index is 1.89. The van der Waals surface area contributed by atoms with Gasteiger partial charge in [-0.1, -0.05) is 23.2 Å². The molecule has 0 aliphatic heterocycles. The molecule has 23 heavy (non-hydrogen) atoms. The van der Waals surface area contributed by atoms with Gasteiger partial charge in [-0.3, -0.25) is 9.59 Å². The number of carbonyl (C=O) groups excluding carboxylic acids is 2. The Morgan fingerprint density at radius 2 is 1.74 bits per heavy atom. The van der Waals surface area contributed by atoms with Gasteiger partial charge in [-0.15, -0.1) is 11.8 Å². The van der Waals surface area contributed by atoms with Crippen LogP contribution >= 0.6 is 35.0 Å². The summed E-state index contributed by atoms with van der Waals surface area (Å²) in [5, 5.41) is 6.35. The molecule has 0 fully saturated rings. The first-order valence-corrected chi connectivity index (χ1v) is 8.43. The first kappa shape index (κ1) is 17.7. The Labute approximate surface area is 148 Å². The largest absolute Gasteiger partial charge is 0.326 e. The Morgan fingerprint density at radius 1 is 1.04 bits per heavy atom. The van der Waals surface area contributed by atoms with E-state index in [1.807, 2.05) is 12.1 Å². The molecule has 0 unspecified atom stereocenters. The standard InChI is InChI=1S/C16H14Cl2N2O2S/c1-10(21)19-12-3-5-13(6-4-12)23-9-16(22)20-15-8-11(17)2-7-14(15)18/h2-8H,9H2,1H3,(H,19,21)(H,20,22). The van der Waals surface area contributed by atoms with Gasteiger partial charge in [-0.2, -0.15) is 0 Å². The molecule has 0 aliphatic carbocycles. The smallest absolute Gasteiger partial charge is 0.234 e. The number of rotatable bonds is 5. The van der Waals surface area contributed by atoms with E-state index in [2.05, 4.69) is 10.6 Å². The van der Waals surface area contributed by atoms with Crippen LogP contribution in [0.5, 0.6) is 0 Å². The maximum Gasteiger partial charge on any atom is 0.234 e. The summed E-state index contributed by atoms with van der Waals surface area (Å²) in [5.41, 5.74) is 1.21. The number of amides is 2. The van der Waals surface area contributed by atoms with E-state index >= 15 is 0 Å². The minimum absolute atomic E-state index is 0.122. The van der Waals surface area contributed by atoms with Crippen molar-refractivity contribution in [1.82, 2.24) is 0 Å².